The highest BCUT2D eigenvalue weighted by molar-refractivity contribution is 5.25. The average molecular weight is 302 g/mol. The van der Waals surface area contributed by atoms with Gasteiger partial charge < -0.3 is 0 Å². The molecule has 0 nitrogen and oxygen atoms in total. The van der Waals surface area contributed by atoms with E-state index in [2.05, 4.69) is 37.3 Å². The smallest absolute Gasteiger partial charge is 0.0928 e. The van der Waals surface area contributed by atoms with Gasteiger partial charge in [-0.25, -0.2) is 0 Å². The molecule has 0 bridgehead atoms. The molecule has 0 saturated heterocycles. The van der Waals surface area contributed by atoms with Crippen LogP contribution in [0.4, 0.5) is 4.39 Å². The minimum Gasteiger partial charge on any atom is -0.251 e. The van der Waals surface area contributed by atoms with Crippen molar-refractivity contribution >= 4 is 0 Å². The Balaban J connectivity index is 1.66. The number of hydrogen-bond donors (Lipinski definition) is 0. The van der Waals surface area contributed by atoms with Crippen LogP contribution in [0.25, 0.3) is 0 Å². The summed E-state index contributed by atoms with van der Waals surface area (Å²) in [5.41, 5.74) is 2.99. The summed E-state index contributed by atoms with van der Waals surface area (Å²) in [5.74, 6) is 1.70. The lowest BCUT2D eigenvalue weighted by molar-refractivity contribution is 0.305. The molecule has 1 aliphatic carbocycles. The van der Waals surface area contributed by atoms with Crippen LogP contribution >= 0.6 is 0 Å². The first kappa shape index (κ1) is 17.2. The van der Waals surface area contributed by atoms with Crippen LogP contribution in [0.2, 0.25) is 0 Å². The van der Waals surface area contributed by atoms with Gasteiger partial charge in [0, 0.05) is 0 Å². The minimum absolute atomic E-state index is 0.222. The number of rotatable bonds is 8. The average Bonchev–Trinajstić information content (AvgIpc) is 2.59. The Labute approximate surface area is 135 Å². The van der Waals surface area contributed by atoms with Crippen LogP contribution in [-0.2, 0) is 6.42 Å². The number of unbranched alkanes of at least 4 members (excludes halogenated alkanes) is 1. The fraction of sp³-hybridized carbons (Fsp3) is 0.619. The highest BCUT2D eigenvalue weighted by Gasteiger charge is 2.21. The zero-order valence-electron chi connectivity index (χ0n) is 14.1. The molecule has 0 N–H and O–H groups in total. The number of aryl methyl sites for hydroxylation is 1. The molecule has 0 radical (unpaired) electrons. The van der Waals surface area contributed by atoms with Gasteiger partial charge in [-0.1, -0.05) is 49.8 Å². The molecule has 0 amide bonds. The predicted molar refractivity (Wildman–Crippen MR) is 94.1 cm³/mol. The van der Waals surface area contributed by atoms with Gasteiger partial charge in [0.25, 0.3) is 0 Å². The van der Waals surface area contributed by atoms with Crippen LogP contribution in [0, 0.1) is 5.92 Å². The van der Waals surface area contributed by atoms with Crippen LogP contribution in [0.5, 0.6) is 0 Å². The van der Waals surface area contributed by atoms with Gasteiger partial charge in [0.2, 0.25) is 0 Å². The van der Waals surface area contributed by atoms with Crippen LogP contribution in [0.1, 0.15) is 75.3 Å². The summed E-state index contributed by atoms with van der Waals surface area (Å²) < 4.78 is 12.0. The molecule has 22 heavy (non-hydrogen) atoms. The molecule has 0 heterocycles. The molecule has 1 aromatic carbocycles. The summed E-state index contributed by atoms with van der Waals surface area (Å²) >= 11 is 0. The molecule has 0 aliphatic heterocycles. The van der Waals surface area contributed by atoms with Crippen molar-refractivity contribution in [2.24, 2.45) is 5.92 Å². The zero-order valence-corrected chi connectivity index (χ0v) is 14.1. The van der Waals surface area contributed by atoms with E-state index in [1.54, 1.807) is 5.56 Å². The predicted octanol–water partition coefficient (Wildman–Crippen LogP) is 6.61. The molecule has 1 aliphatic rings. The minimum atomic E-state index is -0.222. The fourth-order valence-electron chi connectivity index (χ4n) is 3.63. The highest BCUT2D eigenvalue weighted by atomic mass is 19.1. The van der Waals surface area contributed by atoms with Gasteiger partial charge in [0.15, 0.2) is 0 Å². The van der Waals surface area contributed by atoms with E-state index >= 15 is 0 Å². The normalized spacial score (nSPS) is 22.3. The molecule has 122 valence electrons. The van der Waals surface area contributed by atoms with Crippen molar-refractivity contribution in [2.75, 3.05) is 6.67 Å². The Morgan fingerprint density at radius 3 is 2.32 bits per heavy atom. The number of allylic oxidation sites excluding steroid dienone is 2. The Morgan fingerprint density at radius 1 is 1.00 bits per heavy atom. The van der Waals surface area contributed by atoms with Crippen molar-refractivity contribution in [3.63, 3.8) is 0 Å². The van der Waals surface area contributed by atoms with Crippen LogP contribution in [0.3, 0.4) is 0 Å². The highest BCUT2D eigenvalue weighted by Crippen LogP contribution is 2.37. The molecular formula is C21H31F. The first-order chi connectivity index (χ1) is 10.8. The molecule has 1 aromatic rings. The van der Waals surface area contributed by atoms with E-state index in [1.165, 1.54) is 44.1 Å². The topological polar surface area (TPSA) is 0 Å². The van der Waals surface area contributed by atoms with Crippen LogP contribution < -0.4 is 0 Å². The largest absolute Gasteiger partial charge is 0.251 e. The number of hydrogen-bond acceptors (Lipinski definition) is 0. The molecule has 0 aromatic heterocycles. The molecule has 0 spiro atoms. The van der Waals surface area contributed by atoms with Gasteiger partial charge in [-0.15, -0.1) is 0 Å². The number of benzene rings is 1. The molecular weight excluding hydrogens is 271 g/mol. The Morgan fingerprint density at radius 2 is 1.68 bits per heavy atom. The van der Waals surface area contributed by atoms with Crippen molar-refractivity contribution < 1.29 is 4.39 Å². The van der Waals surface area contributed by atoms with Gasteiger partial charge in [-0.2, -0.15) is 0 Å². The standard InChI is InChI=1S/C21H31F/c1-2-18-9-13-20(14-10-18)21-15-11-19(12-16-21)8-6-4-3-5-7-17-22/h3,5,9-10,13-14,19,21H,2,4,6-8,11-12,15-17H2,1H3/b5-3+. The summed E-state index contributed by atoms with van der Waals surface area (Å²) in [7, 11) is 0. The summed E-state index contributed by atoms with van der Waals surface area (Å²) in [5, 5.41) is 0. The van der Waals surface area contributed by atoms with E-state index in [0.29, 0.717) is 6.42 Å². The maximum Gasteiger partial charge on any atom is 0.0928 e. The van der Waals surface area contributed by atoms with Gasteiger partial charge in [-0.3, -0.25) is 4.39 Å². The molecule has 1 heteroatoms. The summed E-state index contributed by atoms with van der Waals surface area (Å²) in [6.45, 7) is 1.99. The second kappa shape index (κ2) is 9.82. The summed E-state index contributed by atoms with van der Waals surface area (Å²) in [6, 6.07) is 9.29. The van der Waals surface area contributed by atoms with Crippen LogP contribution in [0.15, 0.2) is 36.4 Å². The summed E-state index contributed by atoms with van der Waals surface area (Å²) in [4.78, 5) is 0. The van der Waals surface area contributed by atoms with E-state index in [9.17, 15) is 4.39 Å². The second-order valence-corrected chi connectivity index (χ2v) is 6.69. The quantitative estimate of drug-likeness (QED) is 0.374. The van der Waals surface area contributed by atoms with Gasteiger partial charge in [0.05, 0.1) is 6.67 Å². The Bertz CT molecular complexity index is 424. The maximum atomic E-state index is 12.0. The van der Waals surface area contributed by atoms with Gasteiger partial charge in [0.1, 0.15) is 0 Å². The number of halogens is 1. The molecule has 0 unspecified atom stereocenters. The third-order valence-electron chi connectivity index (χ3n) is 5.13. The zero-order chi connectivity index (χ0) is 15.6. The fourth-order valence-corrected chi connectivity index (χ4v) is 3.63. The first-order valence-corrected chi connectivity index (χ1v) is 9.13. The maximum absolute atomic E-state index is 12.0. The van der Waals surface area contributed by atoms with Crippen molar-refractivity contribution in [1.29, 1.82) is 0 Å². The second-order valence-electron chi connectivity index (χ2n) is 6.69. The van der Waals surface area contributed by atoms with Crippen molar-refractivity contribution in [3.05, 3.63) is 47.5 Å². The first-order valence-electron chi connectivity index (χ1n) is 9.13. The molecule has 2 rings (SSSR count). The van der Waals surface area contributed by atoms with E-state index in [0.717, 1.165) is 24.7 Å². The van der Waals surface area contributed by atoms with E-state index < -0.39 is 0 Å². The lowest BCUT2D eigenvalue weighted by Gasteiger charge is -2.29. The monoisotopic (exact) mass is 302 g/mol. The van der Waals surface area contributed by atoms with Gasteiger partial charge in [-0.05, 0) is 74.3 Å². The van der Waals surface area contributed by atoms with Crippen molar-refractivity contribution in [3.8, 4) is 0 Å². The van der Waals surface area contributed by atoms with E-state index in [4.69, 9.17) is 0 Å². The Hall–Kier alpha value is -1.11. The SMILES string of the molecule is CCc1ccc(C2CCC(CCC/C=C/CCF)CC2)cc1. The molecule has 1 saturated carbocycles. The molecule has 1 fully saturated rings. The van der Waals surface area contributed by atoms with Crippen molar-refractivity contribution in [2.45, 2.75) is 70.6 Å². The van der Waals surface area contributed by atoms with E-state index in [1.807, 2.05) is 6.08 Å². The lowest BCUT2D eigenvalue weighted by Crippen LogP contribution is -2.13. The van der Waals surface area contributed by atoms with Crippen molar-refractivity contribution in [1.82, 2.24) is 0 Å². The number of alkyl halides is 1. The summed E-state index contributed by atoms with van der Waals surface area (Å²) in [6.07, 6.45) is 15.1. The van der Waals surface area contributed by atoms with Gasteiger partial charge >= 0.3 is 0 Å². The Kier molecular flexibility index (Phi) is 7.70. The third-order valence-corrected chi connectivity index (χ3v) is 5.13. The van der Waals surface area contributed by atoms with E-state index in [-0.39, 0.29) is 6.67 Å². The molecule has 0 atom stereocenters. The lowest BCUT2D eigenvalue weighted by atomic mass is 9.77. The third kappa shape index (κ3) is 5.59. The van der Waals surface area contributed by atoms with Crippen LogP contribution in [-0.4, -0.2) is 6.67 Å².